The maximum absolute atomic E-state index is 12.5. The normalized spacial score (nSPS) is 12.2. The Morgan fingerprint density at radius 1 is 1.18 bits per heavy atom. The number of rotatable bonds is 5. The van der Waals surface area contributed by atoms with Crippen LogP contribution in [-0.4, -0.2) is 25.3 Å². The molecule has 0 fully saturated rings. The highest BCUT2D eigenvalue weighted by Crippen LogP contribution is 2.23. The van der Waals surface area contributed by atoms with Gasteiger partial charge in [0, 0.05) is 18.3 Å². The number of halogens is 1. The molecule has 6 nitrogen and oxygen atoms in total. The van der Waals surface area contributed by atoms with Crippen molar-refractivity contribution in [1.82, 2.24) is 19.3 Å². The summed E-state index contributed by atoms with van der Waals surface area (Å²) in [6.45, 7) is 2.29. The van der Waals surface area contributed by atoms with Gasteiger partial charge < -0.3 is 9.30 Å². The first-order valence-electron chi connectivity index (χ1n) is 8.91. The summed E-state index contributed by atoms with van der Waals surface area (Å²) in [5.74, 6) is 0.253. The van der Waals surface area contributed by atoms with Crippen molar-refractivity contribution in [1.29, 1.82) is 0 Å². The number of fused-ring (bicyclic) bond motifs is 1. The van der Waals surface area contributed by atoms with Crippen molar-refractivity contribution in [2.45, 2.75) is 19.6 Å². The molecule has 142 valence electrons. The lowest BCUT2D eigenvalue weighted by atomic mass is 10.2. The Bertz CT molecular complexity index is 1150. The first-order chi connectivity index (χ1) is 13.5. The molecule has 0 saturated heterocycles. The third-order valence-electron chi connectivity index (χ3n) is 4.63. The first kappa shape index (κ1) is 18.3. The van der Waals surface area contributed by atoms with Gasteiger partial charge in [0.25, 0.3) is 0 Å². The van der Waals surface area contributed by atoms with Gasteiger partial charge in [-0.05, 0) is 30.7 Å². The van der Waals surface area contributed by atoms with Crippen molar-refractivity contribution in [3.05, 3.63) is 82.9 Å². The van der Waals surface area contributed by atoms with E-state index in [9.17, 15) is 4.79 Å². The van der Waals surface area contributed by atoms with Gasteiger partial charge in [0.2, 0.25) is 0 Å². The summed E-state index contributed by atoms with van der Waals surface area (Å²) in [7, 11) is 1.91. The van der Waals surface area contributed by atoms with Crippen molar-refractivity contribution < 1.29 is 9.53 Å². The lowest BCUT2D eigenvalue weighted by Crippen LogP contribution is -2.12. The van der Waals surface area contributed by atoms with Crippen molar-refractivity contribution in [2.75, 3.05) is 0 Å². The number of hydrogen-bond acceptors (Lipinski definition) is 4. The van der Waals surface area contributed by atoms with Gasteiger partial charge in [-0.15, -0.1) is 0 Å². The molecule has 4 rings (SSSR count). The number of nitrogens with zero attached hydrogens (tertiary/aromatic N) is 4. The number of benzene rings is 2. The maximum atomic E-state index is 12.5. The van der Waals surface area contributed by atoms with Gasteiger partial charge >= 0.3 is 5.97 Å². The van der Waals surface area contributed by atoms with Crippen molar-refractivity contribution in [3.8, 4) is 0 Å². The Labute approximate surface area is 167 Å². The fraction of sp³-hybridized carbons (Fsp3) is 0.190. The molecule has 0 aliphatic carbocycles. The predicted octanol–water partition coefficient (Wildman–Crippen LogP) is 4.39. The predicted molar refractivity (Wildman–Crippen MR) is 107 cm³/mol. The zero-order chi connectivity index (χ0) is 19.7. The van der Waals surface area contributed by atoms with Crippen LogP contribution in [0.5, 0.6) is 0 Å². The van der Waals surface area contributed by atoms with Crippen LogP contribution >= 0.6 is 11.6 Å². The van der Waals surface area contributed by atoms with Gasteiger partial charge in [0.05, 0.1) is 29.3 Å². The van der Waals surface area contributed by atoms with Crippen LogP contribution in [-0.2, 0) is 18.3 Å². The van der Waals surface area contributed by atoms with Gasteiger partial charge in [-0.3, -0.25) is 4.68 Å². The smallest absolute Gasteiger partial charge is 0.342 e. The molecule has 7 heteroatoms. The molecule has 0 radical (unpaired) electrons. The Hall–Kier alpha value is -3.12. The summed E-state index contributed by atoms with van der Waals surface area (Å²) in [4.78, 5) is 17.1. The average Bonchev–Trinajstić information content (AvgIpc) is 3.29. The quantitative estimate of drug-likeness (QED) is 0.471. The third-order valence-corrected chi connectivity index (χ3v) is 5.00. The fourth-order valence-electron chi connectivity index (χ4n) is 3.17. The second-order valence-corrected chi connectivity index (χ2v) is 6.99. The maximum Gasteiger partial charge on any atom is 0.342 e. The van der Waals surface area contributed by atoms with Crippen LogP contribution in [0.25, 0.3) is 11.0 Å². The number of hydrogen-bond donors (Lipinski definition) is 0. The van der Waals surface area contributed by atoms with Crippen LogP contribution in [0.1, 0.15) is 34.8 Å². The van der Waals surface area contributed by atoms with Crippen LogP contribution in [0, 0.1) is 0 Å². The minimum atomic E-state index is -0.489. The zero-order valence-electron chi connectivity index (χ0n) is 15.5. The molecular formula is C21H19ClN4O2. The van der Waals surface area contributed by atoms with E-state index in [0.29, 0.717) is 23.0 Å². The minimum Gasteiger partial charge on any atom is -0.451 e. The summed E-state index contributed by atoms with van der Waals surface area (Å²) in [5, 5.41) is 4.91. The monoisotopic (exact) mass is 394 g/mol. The van der Waals surface area contributed by atoms with E-state index < -0.39 is 12.1 Å². The van der Waals surface area contributed by atoms with Gasteiger partial charge in [0.15, 0.2) is 11.9 Å². The summed E-state index contributed by atoms with van der Waals surface area (Å²) in [6.07, 6.45) is 2.67. The van der Waals surface area contributed by atoms with Crippen molar-refractivity contribution in [2.24, 2.45) is 7.05 Å². The van der Waals surface area contributed by atoms with Crippen LogP contribution in [0.2, 0.25) is 5.02 Å². The highest BCUT2D eigenvalue weighted by molar-refractivity contribution is 6.31. The van der Waals surface area contributed by atoms with Gasteiger partial charge in [-0.1, -0.05) is 41.9 Å². The van der Waals surface area contributed by atoms with Crippen molar-refractivity contribution in [3.63, 3.8) is 0 Å². The summed E-state index contributed by atoms with van der Waals surface area (Å²) < 4.78 is 9.22. The van der Waals surface area contributed by atoms with Crippen LogP contribution in [0.3, 0.4) is 0 Å². The molecule has 0 saturated carbocycles. The number of para-hydroxylation sites is 2. The number of imidazole rings is 1. The number of aromatic nitrogens is 4. The molecule has 0 spiro atoms. The second-order valence-electron chi connectivity index (χ2n) is 6.58. The number of carbonyl (C=O) groups is 1. The SMILES string of the molecule is CC(OC(=O)c1cnn(Cc2ccccc2Cl)c1)c1nc2ccccc2n1C. The van der Waals surface area contributed by atoms with Crippen LogP contribution in [0.4, 0.5) is 0 Å². The molecule has 2 aromatic heterocycles. The fourth-order valence-corrected chi connectivity index (χ4v) is 3.36. The Morgan fingerprint density at radius 2 is 1.93 bits per heavy atom. The van der Waals surface area contributed by atoms with Gasteiger partial charge in [-0.25, -0.2) is 9.78 Å². The molecule has 4 aromatic rings. The molecule has 1 atom stereocenters. The average molecular weight is 395 g/mol. The Morgan fingerprint density at radius 3 is 2.71 bits per heavy atom. The molecule has 2 aromatic carbocycles. The van der Waals surface area contributed by atoms with E-state index in [-0.39, 0.29) is 0 Å². The lowest BCUT2D eigenvalue weighted by Gasteiger charge is -2.12. The molecule has 0 aliphatic rings. The highest BCUT2D eigenvalue weighted by Gasteiger charge is 2.20. The third kappa shape index (κ3) is 3.51. The van der Waals surface area contributed by atoms with E-state index >= 15 is 0 Å². The molecule has 0 bridgehead atoms. The van der Waals surface area contributed by atoms with Gasteiger partial charge in [-0.2, -0.15) is 5.10 Å². The summed E-state index contributed by atoms with van der Waals surface area (Å²) in [6, 6.07) is 15.4. The van der Waals surface area contributed by atoms with E-state index in [1.165, 1.54) is 6.20 Å². The number of aryl methyl sites for hydroxylation is 1. The van der Waals surface area contributed by atoms with Crippen molar-refractivity contribution >= 4 is 28.6 Å². The molecule has 0 aliphatic heterocycles. The van der Waals surface area contributed by atoms with Gasteiger partial charge in [0.1, 0.15) is 0 Å². The molecule has 1 unspecified atom stereocenters. The second kappa shape index (κ2) is 7.48. The highest BCUT2D eigenvalue weighted by atomic mass is 35.5. The number of ether oxygens (including phenoxy) is 1. The first-order valence-corrected chi connectivity index (χ1v) is 9.29. The lowest BCUT2D eigenvalue weighted by molar-refractivity contribution is 0.0315. The number of carbonyl (C=O) groups excluding carboxylic acids is 1. The van der Waals surface area contributed by atoms with E-state index in [4.69, 9.17) is 16.3 Å². The Kier molecular flexibility index (Phi) is 4.88. The standard InChI is InChI=1S/C21H19ClN4O2/c1-14(20-24-18-9-5-6-10-19(18)25(20)2)28-21(27)16-11-23-26(13-16)12-15-7-3-4-8-17(15)22/h3-11,13-14H,12H2,1-2H3. The topological polar surface area (TPSA) is 61.9 Å². The summed E-state index contributed by atoms with van der Waals surface area (Å²) >= 11 is 6.19. The van der Waals surface area contributed by atoms with Crippen LogP contribution < -0.4 is 0 Å². The largest absolute Gasteiger partial charge is 0.451 e. The molecule has 2 heterocycles. The molecule has 28 heavy (non-hydrogen) atoms. The van der Waals surface area contributed by atoms with E-state index in [0.717, 1.165) is 16.6 Å². The molecule has 0 amide bonds. The van der Waals surface area contributed by atoms with E-state index in [1.54, 1.807) is 10.9 Å². The Balaban J connectivity index is 1.48. The summed E-state index contributed by atoms with van der Waals surface area (Å²) in [5.41, 5.74) is 3.18. The van der Waals surface area contributed by atoms with E-state index in [1.807, 2.05) is 67.1 Å². The van der Waals surface area contributed by atoms with E-state index in [2.05, 4.69) is 10.1 Å². The molecule has 0 N–H and O–H groups in total. The minimum absolute atomic E-state index is 0.387. The zero-order valence-corrected chi connectivity index (χ0v) is 16.3. The number of esters is 1. The molecular weight excluding hydrogens is 376 g/mol. The van der Waals surface area contributed by atoms with Crippen LogP contribution in [0.15, 0.2) is 60.9 Å².